The van der Waals surface area contributed by atoms with Crippen LogP contribution in [0, 0.1) is 0 Å². The van der Waals surface area contributed by atoms with Crippen LogP contribution in [0.2, 0.25) is 0 Å². The van der Waals surface area contributed by atoms with Crippen molar-refractivity contribution in [3.05, 3.63) is 23.6 Å². The van der Waals surface area contributed by atoms with Crippen LogP contribution in [0.3, 0.4) is 0 Å². The van der Waals surface area contributed by atoms with Crippen molar-refractivity contribution in [2.24, 2.45) is 0 Å². The third-order valence-electron chi connectivity index (χ3n) is 3.13. The first-order valence-corrected chi connectivity index (χ1v) is 12.0. The number of hydrogen-bond acceptors (Lipinski definition) is 0. The summed E-state index contributed by atoms with van der Waals surface area (Å²) >= 11 is 12.7. The van der Waals surface area contributed by atoms with Crippen LogP contribution in [0.1, 0.15) is 78.1 Å². The van der Waals surface area contributed by atoms with Gasteiger partial charge in [0.1, 0.15) is 0 Å². The summed E-state index contributed by atoms with van der Waals surface area (Å²) < 4.78 is 0. The summed E-state index contributed by atoms with van der Waals surface area (Å²) in [6.07, 6.45) is 16.9. The second kappa shape index (κ2) is 13.3. The highest BCUT2D eigenvalue weighted by Crippen LogP contribution is 2.19. The largest absolute Gasteiger partial charge is 0.295 e. The molecule has 0 saturated heterocycles. The van der Waals surface area contributed by atoms with Gasteiger partial charge in [0.2, 0.25) is 0 Å². The zero-order valence-corrected chi connectivity index (χ0v) is 15.1. The minimum Gasteiger partial charge on any atom is -0.135 e. The molecule has 0 aliphatic rings. The molecular weight excluding hydrogens is 291 g/mol. The third-order valence-corrected chi connectivity index (χ3v) is 6.00. The number of allylic oxidation sites excluding steroid dienone is 2. The highest BCUT2D eigenvalue weighted by molar-refractivity contribution is 7.49. The predicted molar refractivity (Wildman–Crippen MR) is 93.3 cm³/mol. The molecule has 0 nitrogen and oxygen atoms in total. The maximum atomic E-state index is 6.35. The van der Waals surface area contributed by atoms with Gasteiger partial charge in [0.25, 0.3) is 6.69 Å². The highest BCUT2D eigenvalue weighted by atomic mass is 35.7. The second-order valence-corrected chi connectivity index (χ2v) is 11.5. The monoisotopic (exact) mass is 320 g/mol. The first-order valence-electron chi connectivity index (χ1n) is 7.85. The van der Waals surface area contributed by atoms with E-state index in [1.165, 1.54) is 51.4 Å². The Bertz CT molecular complexity index is 223. The molecule has 0 unspecified atom stereocenters. The van der Waals surface area contributed by atoms with E-state index in [1.54, 1.807) is 0 Å². The molecule has 0 amide bonds. The van der Waals surface area contributed by atoms with E-state index in [1.807, 2.05) is 11.4 Å². The van der Waals surface area contributed by atoms with Gasteiger partial charge in [-0.3, -0.25) is 0 Å². The highest BCUT2D eigenvalue weighted by Gasteiger charge is 2.19. The average molecular weight is 321 g/mol. The lowest BCUT2D eigenvalue weighted by Gasteiger charge is -2.05. The van der Waals surface area contributed by atoms with Gasteiger partial charge >= 0.3 is 0 Å². The number of unbranched alkanes of at least 4 members (excludes halogenated alkanes) is 8. The van der Waals surface area contributed by atoms with Gasteiger partial charge in [-0.2, -0.15) is 0 Å². The van der Waals surface area contributed by atoms with Gasteiger partial charge in [0.05, 0.1) is 0 Å². The molecule has 0 aromatic heterocycles. The molecule has 3 heteroatoms. The molecule has 0 aliphatic carbocycles. The molecule has 0 bridgehead atoms. The fraction of sp³-hybridized carbons (Fsp3) is 0.750. The van der Waals surface area contributed by atoms with E-state index in [2.05, 4.69) is 26.0 Å². The summed E-state index contributed by atoms with van der Waals surface area (Å²) in [5.74, 6) is 0. The van der Waals surface area contributed by atoms with Crippen LogP contribution in [-0.2, 0) is 0 Å². The number of halogens is 2. The van der Waals surface area contributed by atoms with Crippen molar-refractivity contribution in [2.45, 2.75) is 78.1 Å². The fourth-order valence-corrected chi connectivity index (χ4v) is 4.06. The quantitative estimate of drug-likeness (QED) is 0.205. The Kier molecular flexibility index (Phi) is 13.5. The van der Waals surface area contributed by atoms with Crippen LogP contribution in [0.15, 0.2) is 23.6 Å². The van der Waals surface area contributed by atoms with Gasteiger partial charge in [-0.15, -0.1) is 22.2 Å². The summed E-state index contributed by atoms with van der Waals surface area (Å²) in [7, 11) is 0. The summed E-state index contributed by atoms with van der Waals surface area (Å²) in [6, 6.07) is 0. The van der Waals surface area contributed by atoms with E-state index >= 15 is 0 Å². The molecule has 0 aliphatic heterocycles. The number of rotatable bonds is 12. The average Bonchev–Trinajstić information content (AvgIpc) is 2.38. The van der Waals surface area contributed by atoms with Crippen molar-refractivity contribution >= 4 is 28.9 Å². The second-order valence-electron chi connectivity index (χ2n) is 5.18. The van der Waals surface area contributed by atoms with Crippen LogP contribution < -0.4 is 0 Å². The van der Waals surface area contributed by atoms with Crippen LogP contribution in [-0.4, -0.2) is 6.69 Å². The lowest BCUT2D eigenvalue weighted by atomic mass is 10.2. The lowest BCUT2D eigenvalue weighted by molar-refractivity contribution is 0.674. The van der Waals surface area contributed by atoms with Gasteiger partial charge in [-0.05, 0) is 25.7 Å². The molecule has 0 spiro atoms. The molecule has 0 atom stereocenters. The Labute approximate surface area is 130 Å². The maximum absolute atomic E-state index is 6.35. The summed E-state index contributed by atoms with van der Waals surface area (Å²) in [5.41, 5.74) is 4.09. The van der Waals surface area contributed by atoms with E-state index in [9.17, 15) is 0 Å². The minimum absolute atomic E-state index is 1.11. The van der Waals surface area contributed by atoms with Gasteiger partial charge in [0, 0.05) is 0 Å². The van der Waals surface area contributed by atoms with Crippen molar-refractivity contribution in [2.75, 3.05) is 0 Å². The van der Waals surface area contributed by atoms with E-state index in [4.69, 9.17) is 22.2 Å². The molecule has 0 heterocycles. The van der Waals surface area contributed by atoms with E-state index in [0.717, 1.165) is 12.8 Å². The summed E-state index contributed by atoms with van der Waals surface area (Å²) in [6.45, 7) is 2.21. The smallest absolute Gasteiger partial charge is 0.135 e. The lowest BCUT2D eigenvalue weighted by Crippen LogP contribution is -2.11. The van der Waals surface area contributed by atoms with Crippen LogP contribution in [0.5, 0.6) is 0 Å². The van der Waals surface area contributed by atoms with Gasteiger partial charge < -0.3 is 0 Å². The molecule has 0 radical (unpaired) electrons. The molecule has 0 fully saturated rings. The van der Waals surface area contributed by atoms with Crippen LogP contribution in [0.25, 0.3) is 0 Å². The maximum Gasteiger partial charge on any atom is 0.295 e. The van der Waals surface area contributed by atoms with Crippen molar-refractivity contribution in [1.29, 1.82) is 0 Å². The van der Waals surface area contributed by atoms with Gasteiger partial charge in [0.15, 0.2) is 0 Å². The molecule has 0 rings (SSSR count). The van der Waals surface area contributed by atoms with Crippen molar-refractivity contribution in [1.82, 2.24) is 0 Å². The third kappa shape index (κ3) is 14.5. The number of hydrogen-bond donors (Lipinski definition) is 0. The van der Waals surface area contributed by atoms with Crippen molar-refractivity contribution in [3.8, 4) is 0 Å². The Morgan fingerprint density at radius 3 is 1.47 bits per heavy atom. The topological polar surface area (TPSA) is 0 Å². The zero-order valence-electron chi connectivity index (χ0n) is 12.6. The SMILES string of the molecule is CCCCCCC=C[Si](Cl)(Cl)C=CCCCCCC. The molecular formula is C16H30Cl2Si. The van der Waals surface area contributed by atoms with Crippen molar-refractivity contribution < 1.29 is 0 Å². The van der Waals surface area contributed by atoms with E-state index in [0.29, 0.717) is 0 Å². The molecule has 19 heavy (non-hydrogen) atoms. The summed E-state index contributed by atoms with van der Waals surface area (Å²) in [4.78, 5) is 0. The minimum atomic E-state index is -2.26. The first kappa shape index (κ1) is 19.3. The molecule has 0 N–H and O–H groups in total. The normalized spacial score (nSPS) is 12.8. The van der Waals surface area contributed by atoms with Gasteiger partial charge in [-0.1, -0.05) is 75.9 Å². The van der Waals surface area contributed by atoms with Crippen LogP contribution >= 0.6 is 22.2 Å². The van der Waals surface area contributed by atoms with Crippen LogP contribution in [0.4, 0.5) is 0 Å². The van der Waals surface area contributed by atoms with Crippen molar-refractivity contribution in [3.63, 3.8) is 0 Å². The molecule has 112 valence electrons. The molecule has 0 aromatic rings. The van der Waals surface area contributed by atoms with E-state index < -0.39 is 6.69 Å². The first-order chi connectivity index (χ1) is 9.12. The standard InChI is InChI=1S/C16H30Cl2Si/c1-3-5-7-9-11-13-15-19(17,18)16-14-12-10-8-6-4-2/h13-16H,3-12H2,1-2H3. The zero-order chi connectivity index (χ0) is 14.4. The summed E-state index contributed by atoms with van der Waals surface area (Å²) in [5, 5.41) is 0. The van der Waals surface area contributed by atoms with E-state index in [-0.39, 0.29) is 0 Å². The molecule has 0 saturated carbocycles. The predicted octanol–water partition coefficient (Wildman–Crippen LogP) is 7.04. The Balaban J connectivity index is 3.70. The Morgan fingerprint density at radius 2 is 1.11 bits per heavy atom. The molecule has 0 aromatic carbocycles. The fourth-order valence-electron chi connectivity index (χ4n) is 1.91. The van der Waals surface area contributed by atoms with Gasteiger partial charge in [-0.25, -0.2) is 0 Å². The Hall–Kier alpha value is 0.277. The Morgan fingerprint density at radius 1 is 0.684 bits per heavy atom.